The van der Waals surface area contributed by atoms with E-state index >= 15 is 0 Å². The summed E-state index contributed by atoms with van der Waals surface area (Å²) in [6.07, 6.45) is 1.67. The highest BCUT2D eigenvalue weighted by Crippen LogP contribution is 2.17. The number of carbonyl (C=O) groups is 1. The average Bonchev–Trinajstić information content (AvgIpc) is 2.99. The van der Waals surface area contributed by atoms with Crippen LogP contribution in [0.3, 0.4) is 0 Å². The van der Waals surface area contributed by atoms with Crippen molar-refractivity contribution in [2.75, 3.05) is 17.1 Å². The summed E-state index contributed by atoms with van der Waals surface area (Å²) in [4.78, 5) is 12.1. The minimum atomic E-state index is -3.59. The maximum atomic E-state index is 12.1. The first-order chi connectivity index (χ1) is 11.3. The molecule has 130 valence electrons. The molecule has 1 amide bonds. The topological polar surface area (TPSA) is 105 Å². The van der Waals surface area contributed by atoms with E-state index < -0.39 is 15.9 Å². The fraction of sp³-hybridized carbons (Fsp3) is 0.400. The van der Waals surface area contributed by atoms with Crippen LogP contribution >= 0.6 is 0 Å². The smallest absolute Gasteiger partial charge is 0.241 e. The second-order valence-corrected chi connectivity index (χ2v) is 7.23. The van der Waals surface area contributed by atoms with Crippen molar-refractivity contribution < 1.29 is 17.6 Å². The van der Waals surface area contributed by atoms with Crippen molar-refractivity contribution in [1.29, 1.82) is 0 Å². The Morgan fingerprint density at radius 3 is 2.38 bits per heavy atom. The Hall–Kier alpha value is -2.42. The Bertz CT molecular complexity index is 799. The average molecular weight is 352 g/mol. The van der Waals surface area contributed by atoms with Gasteiger partial charge < -0.3 is 9.73 Å². The Morgan fingerprint density at radius 1 is 1.21 bits per heavy atom. The van der Waals surface area contributed by atoms with Crippen molar-refractivity contribution in [3.05, 3.63) is 41.6 Å². The molecule has 0 atom stereocenters. The van der Waals surface area contributed by atoms with Crippen LogP contribution in [0.4, 0.5) is 5.69 Å². The van der Waals surface area contributed by atoms with Crippen molar-refractivity contribution in [2.45, 2.75) is 26.8 Å². The molecule has 1 aromatic heterocycles. The molecule has 0 unspecified atom stereocenters. The standard InChI is InChI=1S/C15H20N4O4S/c1-4-14-17-18-15(23-14)9-16-13(20)10-19(24(3,21)22)12-7-5-11(2)6-8-12/h5-8H,4,9-10H2,1-3H3,(H,16,20). The normalized spacial score (nSPS) is 11.3. The summed E-state index contributed by atoms with van der Waals surface area (Å²) in [5, 5.41) is 10.2. The quantitative estimate of drug-likeness (QED) is 0.798. The molecule has 2 aromatic rings. The van der Waals surface area contributed by atoms with Gasteiger partial charge in [-0.05, 0) is 19.1 Å². The third-order valence-corrected chi connectivity index (χ3v) is 4.40. The number of aromatic nitrogens is 2. The van der Waals surface area contributed by atoms with Crippen molar-refractivity contribution >= 4 is 21.6 Å². The van der Waals surface area contributed by atoms with Gasteiger partial charge in [-0.15, -0.1) is 10.2 Å². The summed E-state index contributed by atoms with van der Waals surface area (Å²) in [5.74, 6) is 0.301. The van der Waals surface area contributed by atoms with Gasteiger partial charge in [-0.2, -0.15) is 0 Å². The number of nitrogens with one attached hydrogen (secondary N) is 1. The van der Waals surface area contributed by atoms with E-state index in [2.05, 4.69) is 15.5 Å². The molecule has 0 spiro atoms. The molecule has 1 N–H and O–H groups in total. The van der Waals surface area contributed by atoms with E-state index in [0.717, 1.165) is 16.1 Å². The molecule has 0 saturated carbocycles. The molecule has 0 fully saturated rings. The van der Waals surface area contributed by atoms with E-state index in [-0.39, 0.29) is 19.0 Å². The van der Waals surface area contributed by atoms with Crippen LogP contribution in [0.15, 0.2) is 28.7 Å². The molecule has 1 aromatic carbocycles. The number of benzene rings is 1. The Morgan fingerprint density at radius 2 is 1.83 bits per heavy atom. The van der Waals surface area contributed by atoms with E-state index in [0.29, 0.717) is 18.0 Å². The van der Waals surface area contributed by atoms with Crippen LogP contribution in [0, 0.1) is 6.92 Å². The highest BCUT2D eigenvalue weighted by atomic mass is 32.2. The summed E-state index contributed by atoms with van der Waals surface area (Å²) in [6, 6.07) is 6.90. The number of sulfonamides is 1. The highest BCUT2D eigenvalue weighted by Gasteiger charge is 2.21. The minimum absolute atomic E-state index is 0.0529. The maximum absolute atomic E-state index is 12.1. The van der Waals surface area contributed by atoms with Gasteiger partial charge >= 0.3 is 0 Å². The van der Waals surface area contributed by atoms with Gasteiger partial charge in [-0.3, -0.25) is 9.10 Å². The third-order valence-electron chi connectivity index (χ3n) is 3.26. The fourth-order valence-corrected chi connectivity index (χ4v) is 2.83. The van der Waals surface area contributed by atoms with Gasteiger partial charge in [-0.25, -0.2) is 8.42 Å². The first kappa shape index (κ1) is 17.9. The number of amides is 1. The Kier molecular flexibility index (Phi) is 5.55. The fourth-order valence-electron chi connectivity index (χ4n) is 1.97. The molecule has 0 aliphatic heterocycles. The van der Waals surface area contributed by atoms with Gasteiger partial charge in [0.2, 0.25) is 27.7 Å². The number of hydrogen-bond donors (Lipinski definition) is 1. The molecule has 9 heteroatoms. The third kappa shape index (κ3) is 4.79. The highest BCUT2D eigenvalue weighted by molar-refractivity contribution is 7.92. The number of aryl methyl sites for hydroxylation is 2. The van der Waals surface area contributed by atoms with Crippen LogP contribution < -0.4 is 9.62 Å². The number of carbonyl (C=O) groups excluding carboxylic acids is 1. The van der Waals surface area contributed by atoms with Crippen LogP contribution in [0.1, 0.15) is 24.3 Å². The molecule has 0 aliphatic carbocycles. The van der Waals surface area contributed by atoms with E-state index in [1.54, 1.807) is 24.3 Å². The van der Waals surface area contributed by atoms with Crippen LogP contribution in [0.5, 0.6) is 0 Å². The van der Waals surface area contributed by atoms with E-state index in [4.69, 9.17) is 4.42 Å². The summed E-state index contributed by atoms with van der Waals surface area (Å²) < 4.78 is 30.3. The molecule has 0 radical (unpaired) electrons. The molecule has 0 aliphatic rings. The Labute approximate surface area is 140 Å². The largest absolute Gasteiger partial charge is 0.423 e. The number of anilines is 1. The zero-order valence-electron chi connectivity index (χ0n) is 13.8. The number of hydrogen-bond acceptors (Lipinski definition) is 6. The molecule has 8 nitrogen and oxygen atoms in total. The zero-order valence-corrected chi connectivity index (χ0v) is 14.6. The zero-order chi connectivity index (χ0) is 17.7. The molecular weight excluding hydrogens is 332 g/mol. The lowest BCUT2D eigenvalue weighted by Crippen LogP contribution is -2.40. The lowest BCUT2D eigenvalue weighted by Gasteiger charge is -2.21. The van der Waals surface area contributed by atoms with Gasteiger partial charge in [0.05, 0.1) is 18.5 Å². The molecule has 24 heavy (non-hydrogen) atoms. The van der Waals surface area contributed by atoms with Gasteiger partial charge in [0.15, 0.2) is 0 Å². The molecule has 0 bridgehead atoms. The van der Waals surface area contributed by atoms with Gasteiger partial charge in [-0.1, -0.05) is 24.6 Å². The van der Waals surface area contributed by atoms with Gasteiger partial charge in [0, 0.05) is 6.42 Å². The summed E-state index contributed by atoms with van der Waals surface area (Å²) >= 11 is 0. The van der Waals surface area contributed by atoms with Crippen LogP contribution in [0.25, 0.3) is 0 Å². The van der Waals surface area contributed by atoms with Crippen LogP contribution in [-0.4, -0.2) is 37.3 Å². The van der Waals surface area contributed by atoms with Crippen molar-refractivity contribution in [3.63, 3.8) is 0 Å². The van der Waals surface area contributed by atoms with Crippen LogP contribution in [-0.2, 0) is 27.8 Å². The minimum Gasteiger partial charge on any atom is -0.423 e. The first-order valence-electron chi connectivity index (χ1n) is 7.42. The second kappa shape index (κ2) is 7.43. The number of rotatable bonds is 7. The van der Waals surface area contributed by atoms with Crippen LogP contribution in [0.2, 0.25) is 0 Å². The maximum Gasteiger partial charge on any atom is 0.241 e. The van der Waals surface area contributed by atoms with E-state index in [1.807, 2.05) is 13.8 Å². The molecular formula is C15H20N4O4S. The predicted molar refractivity (Wildman–Crippen MR) is 88.9 cm³/mol. The van der Waals surface area contributed by atoms with Gasteiger partial charge in [0.1, 0.15) is 6.54 Å². The van der Waals surface area contributed by atoms with Crippen molar-refractivity contribution in [3.8, 4) is 0 Å². The second-order valence-electron chi connectivity index (χ2n) is 5.33. The SMILES string of the molecule is CCc1nnc(CNC(=O)CN(c2ccc(C)cc2)S(C)(=O)=O)o1. The Balaban J connectivity index is 2.03. The summed E-state index contributed by atoms with van der Waals surface area (Å²) in [7, 11) is -3.59. The van der Waals surface area contributed by atoms with E-state index in [1.165, 1.54) is 0 Å². The molecule has 0 saturated heterocycles. The van der Waals surface area contributed by atoms with Crippen molar-refractivity contribution in [1.82, 2.24) is 15.5 Å². The molecule has 1 heterocycles. The summed E-state index contributed by atoms with van der Waals surface area (Å²) in [6.45, 7) is 3.51. The first-order valence-corrected chi connectivity index (χ1v) is 9.26. The predicted octanol–water partition coefficient (Wildman–Crippen LogP) is 1.02. The summed E-state index contributed by atoms with van der Waals surface area (Å²) in [5.41, 5.74) is 1.43. The van der Waals surface area contributed by atoms with Crippen molar-refractivity contribution in [2.24, 2.45) is 0 Å². The van der Waals surface area contributed by atoms with Gasteiger partial charge in [0.25, 0.3) is 0 Å². The number of nitrogens with zero attached hydrogens (tertiary/aromatic N) is 3. The lowest BCUT2D eigenvalue weighted by atomic mass is 10.2. The monoisotopic (exact) mass is 352 g/mol. The molecule has 2 rings (SSSR count). The van der Waals surface area contributed by atoms with E-state index in [9.17, 15) is 13.2 Å². The lowest BCUT2D eigenvalue weighted by molar-refractivity contribution is -0.119.